The van der Waals surface area contributed by atoms with Crippen LogP contribution in [0.15, 0.2) is 0 Å². The highest BCUT2D eigenvalue weighted by atomic mass is 16.4. The Morgan fingerprint density at radius 1 is 1.75 bits per heavy atom. The molecule has 2 atom stereocenters. The lowest BCUT2D eigenvalue weighted by molar-refractivity contribution is -0.142. The van der Waals surface area contributed by atoms with Gasteiger partial charge in [-0.25, -0.2) is 0 Å². The van der Waals surface area contributed by atoms with Crippen LogP contribution < -0.4 is 5.73 Å². The zero-order valence-electron chi connectivity index (χ0n) is 7.36. The maximum absolute atomic E-state index is 10.7. The summed E-state index contributed by atoms with van der Waals surface area (Å²) in [5, 5.41) is 8.83. The Balaban J connectivity index is 2.53. The van der Waals surface area contributed by atoms with Crippen molar-refractivity contribution in [3.05, 3.63) is 0 Å². The van der Waals surface area contributed by atoms with Gasteiger partial charge in [0.2, 0.25) is 0 Å². The van der Waals surface area contributed by atoms with Crippen molar-refractivity contribution in [2.75, 3.05) is 13.1 Å². The first kappa shape index (κ1) is 9.48. The van der Waals surface area contributed by atoms with Gasteiger partial charge in [-0.15, -0.1) is 0 Å². The number of hydrogen-bond acceptors (Lipinski definition) is 3. The number of carboxylic acid groups (broad SMARTS) is 1. The highest BCUT2D eigenvalue weighted by Gasteiger charge is 2.34. The van der Waals surface area contributed by atoms with Gasteiger partial charge in [0.15, 0.2) is 0 Å². The van der Waals surface area contributed by atoms with Crippen LogP contribution in [0.25, 0.3) is 0 Å². The summed E-state index contributed by atoms with van der Waals surface area (Å²) in [5.74, 6) is -0.739. The van der Waals surface area contributed by atoms with Gasteiger partial charge in [-0.2, -0.15) is 0 Å². The van der Waals surface area contributed by atoms with Gasteiger partial charge in [-0.3, -0.25) is 9.69 Å². The summed E-state index contributed by atoms with van der Waals surface area (Å²) >= 11 is 0. The Morgan fingerprint density at radius 3 is 2.92 bits per heavy atom. The quantitative estimate of drug-likeness (QED) is 0.623. The highest BCUT2D eigenvalue weighted by molar-refractivity contribution is 5.74. The monoisotopic (exact) mass is 172 g/mol. The molecule has 1 heterocycles. The normalized spacial score (nSPS) is 30.8. The molecule has 0 aliphatic carbocycles. The molecule has 70 valence electrons. The third-order valence-corrected chi connectivity index (χ3v) is 2.23. The number of nitrogens with zero attached hydrogens (tertiary/aromatic N) is 1. The summed E-state index contributed by atoms with van der Waals surface area (Å²) in [4.78, 5) is 12.7. The van der Waals surface area contributed by atoms with Crippen molar-refractivity contribution in [3.63, 3.8) is 0 Å². The molecular weight excluding hydrogens is 156 g/mol. The molecule has 1 saturated heterocycles. The van der Waals surface area contributed by atoms with Crippen LogP contribution in [0.1, 0.15) is 19.8 Å². The van der Waals surface area contributed by atoms with E-state index in [1.165, 1.54) is 0 Å². The lowest BCUT2D eigenvalue weighted by Crippen LogP contribution is -2.36. The second-order valence-electron chi connectivity index (χ2n) is 3.34. The van der Waals surface area contributed by atoms with Crippen molar-refractivity contribution in [1.29, 1.82) is 0 Å². The lowest BCUT2D eigenvalue weighted by atomic mass is 10.2. The van der Waals surface area contributed by atoms with E-state index in [2.05, 4.69) is 0 Å². The second kappa shape index (κ2) is 3.87. The van der Waals surface area contributed by atoms with E-state index in [0.29, 0.717) is 6.42 Å². The molecule has 0 aromatic rings. The fourth-order valence-corrected chi connectivity index (χ4v) is 1.73. The minimum atomic E-state index is -0.739. The van der Waals surface area contributed by atoms with Crippen molar-refractivity contribution in [3.8, 4) is 0 Å². The van der Waals surface area contributed by atoms with E-state index in [0.717, 1.165) is 19.5 Å². The van der Waals surface area contributed by atoms with Crippen molar-refractivity contribution in [2.45, 2.75) is 31.8 Å². The number of aliphatic carboxylic acids is 1. The van der Waals surface area contributed by atoms with E-state index in [4.69, 9.17) is 10.8 Å². The molecule has 0 spiro atoms. The van der Waals surface area contributed by atoms with Crippen molar-refractivity contribution in [1.82, 2.24) is 4.90 Å². The maximum atomic E-state index is 10.7. The zero-order valence-corrected chi connectivity index (χ0v) is 7.36. The molecule has 3 N–H and O–H groups in total. The average Bonchev–Trinajstić information content (AvgIpc) is 2.32. The molecule has 0 radical (unpaired) electrons. The number of rotatable bonds is 3. The smallest absolute Gasteiger partial charge is 0.320 e. The van der Waals surface area contributed by atoms with Crippen LogP contribution in [0.3, 0.4) is 0 Å². The van der Waals surface area contributed by atoms with E-state index in [1.54, 1.807) is 0 Å². The summed E-state index contributed by atoms with van der Waals surface area (Å²) in [7, 11) is 0. The predicted molar refractivity (Wildman–Crippen MR) is 45.9 cm³/mol. The van der Waals surface area contributed by atoms with E-state index in [-0.39, 0.29) is 12.1 Å². The molecule has 0 aromatic heterocycles. The Hall–Kier alpha value is -0.610. The summed E-state index contributed by atoms with van der Waals surface area (Å²) in [6.45, 7) is 3.61. The standard InChI is InChI=1S/C8H16N2O2/c1-2-3-10-5-6(9)4-7(10)8(11)12/h6-7H,2-5,9H2,1H3,(H,11,12). The molecule has 0 saturated carbocycles. The number of hydrogen-bond donors (Lipinski definition) is 2. The topological polar surface area (TPSA) is 66.6 Å². The van der Waals surface area contributed by atoms with Gasteiger partial charge in [0.05, 0.1) is 0 Å². The van der Waals surface area contributed by atoms with Gasteiger partial charge < -0.3 is 10.8 Å². The minimum absolute atomic E-state index is 0.0395. The second-order valence-corrected chi connectivity index (χ2v) is 3.34. The maximum Gasteiger partial charge on any atom is 0.320 e. The lowest BCUT2D eigenvalue weighted by Gasteiger charge is -2.19. The highest BCUT2D eigenvalue weighted by Crippen LogP contribution is 2.16. The number of nitrogens with two attached hydrogens (primary N) is 1. The van der Waals surface area contributed by atoms with Gasteiger partial charge in [-0.1, -0.05) is 6.92 Å². The predicted octanol–water partition coefficient (Wildman–Crippen LogP) is -0.117. The third-order valence-electron chi connectivity index (χ3n) is 2.23. The summed E-state index contributed by atoms with van der Waals surface area (Å²) < 4.78 is 0. The number of carbonyl (C=O) groups is 1. The van der Waals surface area contributed by atoms with Gasteiger partial charge in [0.25, 0.3) is 0 Å². The first-order valence-corrected chi connectivity index (χ1v) is 4.37. The molecule has 1 fully saturated rings. The molecule has 4 heteroatoms. The summed E-state index contributed by atoms with van der Waals surface area (Å²) in [5.41, 5.74) is 5.68. The van der Waals surface area contributed by atoms with Gasteiger partial charge in [0.1, 0.15) is 6.04 Å². The fourth-order valence-electron chi connectivity index (χ4n) is 1.73. The summed E-state index contributed by atoms with van der Waals surface area (Å²) in [6.07, 6.45) is 1.58. The fraction of sp³-hybridized carbons (Fsp3) is 0.875. The van der Waals surface area contributed by atoms with Crippen molar-refractivity contribution >= 4 is 5.97 Å². The molecule has 1 aliphatic rings. The molecule has 1 rings (SSSR count). The zero-order chi connectivity index (χ0) is 9.14. The molecule has 2 unspecified atom stereocenters. The molecule has 12 heavy (non-hydrogen) atoms. The number of likely N-dealkylation sites (tertiary alicyclic amines) is 1. The SMILES string of the molecule is CCCN1CC(N)CC1C(=O)O. The minimum Gasteiger partial charge on any atom is -0.480 e. The third kappa shape index (κ3) is 1.95. The van der Waals surface area contributed by atoms with Crippen LogP contribution in [-0.2, 0) is 4.79 Å². The molecule has 0 aromatic carbocycles. The van der Waals surface area contributed by atoms with E-state index in [1.807, 2.05) is 11.8 Å². The average molecular weight is 172 g/mol. The molecule has 1 aliphatic heterocycles. The first-order chi connectivity index (χ1) is 5.65. The molecular formula is C8H16N2O2. The van der Waals surface area contributed by atoms with Crippen LogP contribution in [-0.4, -0.2) is 41.1 Å². The van der Waals surface area contributed by atoms with E-state index in [9.17, 15) is 4.79 Å². The van der Waals surface area contributed by atoms with Gasteiger partial charge in [-0.05, 0) is 19.4 Å². The largest absolute Gasteiger partial charge is 0.480 e. The molecule has 0 bridgehead atoms. The Bertz CT molecular complexity index is 172. The Morgan fingerprint density at radius 2 is 2.42 bits per heavy atom. The molecule has 4 nitrogen and oxygen atoms in total. The van der Waals surface area contributed by atoms with Crippen LogP contribution in [0.4, 0.5) is 0 Å². The van der Waals surface area contributed by atoms with Crippen molar-refractivity contribution in [2.24, 2.45) is 5.73 Å². The van der Waals surface area contributed by atoms with Crippen LogP contribution in [0.5, 0.6) is 0 Å². The van der Waals surface area contributed by atoms with E-state index >= 15 is 0 Å². The van der Waals surface area contributed by atoms with Gasteiger partial charge >= 0.3 is 5.97 Å². The van der Waals surface area contributed by atoms with Crippen LogP contribution >= 0.6 is 0 Å². The Labute approximate surface area is 72.3 Å². The van der Waals surface area contributed by atoms with E-state index < -0.39 is 5.97 Å². The van der Waals surface area contributed by atoms with Gasteiger partial charge in [0, 0.05) is 12.6 Å². The summed E-state index contributed by atoms with van der Waals surface area (Å²) in [6, 6.07) is -0.308. The number of carboxylic acids is 1. The molecule has 0 amide bonds. The van der Waals surface area contributed by atoms with Crippen molar-refractivity contribution < 1.29 is 9.90 Å². The first-order valence-electron chi connectivity index (χ1n) is 4.37. The Kier molecular flexibility index (Phi) is 3.05. The van der Waals surface area contributed by atoms with Crippen LogP contribution in [0.2, 0.25) is 0 Å². The van der Waals surface area contributed by atoms with Crippen LogP contribution in [0, 0.1) is 0 Å².